The summed E-state index contributed by atoms with van der Waals surface area (Å²) in [5.74, 6) is 0.392. The van der Waals surface area contributed by atoms with Crippen LogP contribution in [0.5, 0.6) is 5.75 Å². The third-order valence-electron chi connectivity index (χ3n) is 3.01. The Bertz CT molecular complexity index is 816. The summed E-state index contributed by atoms with van der Waals surface area (Å²) in [6, 6.07) is 11.3. The second kappa shape index (κ2) is 7.02. The van der Waals surface area contributed by atoms with Gasteiger partial charge in [0.2, 0.25) is 10.0 Å². The van der Waals surface area contributed by atoms with Gasteiger partial charge >= 0.3 is 0 Å². The van der Waals surface area contributed by atoms with E-state index in [1.54, 1.807) is 30.3 Å². The molecule has 2 aromatic rings. The number of rotatable bonds is 6. The average Bonchev–Trinajstić information content (AvgIpc) is 2.45. The van der Waals surface area contributed by atoms with Gasteiger partial charge in [0.25, 0.3) is 0 Å². The summed E-state index contributed by atoms with van der Waals surface area (Å²) in [5.41, 5.74) is 1.69. The number of hydrogen-bond donors (Lipinski definition) is 1. The van der Waals surface area contributed by atoms with Crippen molar-refractivity contribution in [3.05, 3.63) is 58.6 Å². The molecular formula is C16H16ClNO4S. The minimum atomic E-state index is -3.34. The van der Waals surface area contributed by atoms with Gasteiger partial charge in [-0.05, 0) is 55.0 Å². The molecule has 0 aliphatic carbocycles. The van der Waals surface area contributed by atoms with E-state index in [9.17, 15) is 13.2 Å². The molecule has 1 N–H and O–H groups in total. The van der Waals surface area contributed by atoms with Crippen molar-refractivity contribution in [1.29, 1.82) is 0 Å². The molecule has 2 aromatic carbocycles. The van der Waals surface area contributed by atoms with Crippen LogP contribution in [0.25, 0.3) is 0 Å². The Morgan fingerprint density at radius 1 is 1.17 bits per heavy atom. The molecule has 0 aliphatic heterocycles. The van der Waals surface area contributed by atoms with Crippen molar-refractivity contribution in [2.75, 3.05) is 17.6 Å². The Morgan fingerprint density at radius 2 is 1.83 bits per heavy atom. The van der Waals surface area contributed by atoms with E-state index in [1.807, 2.05) is 6.92 Å². The van der Waals surface area contributed by atoms with Crippen LogP contribution in [0, 0.1) is 6.92 Å². The van der Waals surface area contributed by atoms with Crippen LogP contribution in [0.1, 0.15) is 15.9 Å². The van der Waals surface area contributed by atoms with Crippen molar-refractivity contribution in [3.63, 3.8) is 0 Å². The second-order valence-electron chi connectivity index (χ2n) is 5.07. The number of halogens is 1. The lowest BCUT2D eigenvalue weighted by Crippen LogP contribution is -2.13. The Morgan fingerprint density at radius 3 is 2.39 bits per heavy atom. The Kier molecular flexibility index (Phi) is 5.28. The molecule has 0 fully saturated rings. The van der Waals surface area contributed by atoms with Crippen molar-refractivity contribution in [2.45, 2.75) is 6.92 Å². The minimum absolute atomic E-state index is 0.110. The molecule has 0 aromatic heterocycles. The number of benzene rings is 2. The fourth-order valence-corrected chi connectivity index (χ4v) is 2.73. The minimum Gasteiger partial charge on any atom is -0.485 e. The van der Waals surface area contributed by atoms with Crippen molar-refractivity contribution in [1.82, 2.24) is 0 Å². The zero-order chi connectivity index (χ0) is 17.0. The third-order valence-corrected chi connectivity index (χ3v) is 3.85. The molecule has 0 atom stereocenters. The number of hydrogen-bond acceptors (Lipinski definition) is 4. The van der Waals surface area contributed by atoms with E-state index < -0.39 is 10.0 Å². The molecule has 0 saturated heterocycles. The van der Waals surface area contributed by atoms with Gasteiger partial charge in [0.1, 0.15) is 5.75 Å². The number of aryl methyl sites for hydroxylation is 1. The van der Waals surface area contributed by atoms with Gasteiger partial charge in [0, 0.05) is 16.3 Å². The smallest absolute Gasteiger partial charge is 0.229 e. The fraction of sp³-hybridized carbons (Fsp3) is 0.188. The van der Waals surface area contributed by atoms with Gasteiger partial charge in [-0.2, -0.15) is 0 Å². The van der Waals surface area contributed by atoms with Crippen molar-refractivity contribution < 1.29 is 17.9 Å². The van der Waals surface area contributed by atoms with E-state index in [0.29, 0.717) is 22.0 Å². The highest BCUT2D eigenvalue weighted by molar-refractivity contribution is 7.92. The van der Waals surface area contributed by atoms with E-state index in [1.165, 1.54) is 12.1 Å². The van der Waals surface area contributed by atoms with E-state index in [0.717, 1.165) is 11.8 Å². The lowest BCUT2D eigenvalue weighted by molar-refractivity contribution is 0.0921. The van der Waals surface area contributed by atoms with Crippen molar-refractivity contribution in [3.8, 4) is 5.75 Å². The normalized spacial score (nSPS) is 11.1. The highest BCUT2D eigenvalue weighted by Gasteiger charge is 2.09. The van der Waals surface area contributed by atoms with Crippen LogP contribution in [0.15, 0.2) is 42.5 Å². The molecule has 122 valence electrons. The number of nitrogens with one attached hydrogen (secondary N) is 1. The van der Waals surface area contributed by atoms with Crippen molar-refractivity contribution in [2.24, 2.45) is 0 Å². The maximum atomic E-state index is 12.1. The molecule has 0 amide bonds. The van der Waals surface area contributed by atoms with E-state index in [-0.39, 0.29) is 12.4 Å². The molecule has 0 aliphatic rings. The third kappa shape index (κ3) is 5.26. The summed E-state index contributed by atoms with van der Waals surface area (Å²) >= 11 is 5.86. The average molecular weight is 354 g/mol. The summed E-state index contributed by atoms with van der Waals surface area (Å²) in [5, 5.41) is 0.607. The Labute approximate surface area is 140 Å². The van der Waals surface area contributed by atoms with Gasteiger partial charge in [0.15, 0.2) is 12.4 Å². The van der Waals surface area contributed by atoms with E-state index >= 15 is 0 Å². The summed E-state index contributed by atoms with van der Waals surface area (Å²) in [7, 11) is -3.34. The molecule has 5 nitrogen and oxygen atoms in total. The number of anilines is 1. The molecular weight excluding hydrogens is 338 g/mol. The molecule has 0 spiro atoms. The number of carbonyl (C=O) groups is 1. The quantitative estimate of drug-likeness (QED) is 0.809. The van der Waals surface area contributed by atoms with Gasteiger partial charge < -0.3 is 4.74 Å². The predicted octanol–water partition coefficient (Wildman–Crippen LogP) is 3.28. The number of sulfonamides is 1. The van der Waals surface area contributed by atoms with Gasteiger partial charge in [-0.3, -0.25) is 9.52 Å². The van der Waals surface area contributed by atoms with E-state index in [2.05, 4.69) is 4.72 Å². The fourth-order valence-electron chi connectivity index (χ4n) is 1.94. The molecule has 7 heteroatoms. The number of ketones is 1. The predicted molar refractivity (Wildman–Crippen MR) is 90.9 cm³/mol. The second-order valence-corrected chi connectivity index (χ2v) is 7.26. The zero-order valence-corrected chi connectivity index (χ0v) is 14.2. The van der Waals surface area contributed by atoms with Crippen LogP contribution in [0.2, 0.25) is 5.02 Å². The maximum absolute atomic E-state index is 12.1. The Balaban J connectivity index is 2.00. The van der Waals surface area contributed by atoms with Crippen LogP contribution in [0.4, 0.5) is 5.69 Å². The highest BCUT2D eigenvalue weighted by atomic mass is 35.5. The number of ether oxygens (including phenoxy) is 1. The lowest BCUT2D eigenvalue weighted by Gasteiger charge is -2.09. The molecule has 0 heterocycles. The van der Waals surface area contributed by atoms with Crippen LogP contribution >= 0.6 is 11.6 Å². The number of carbonyl (C=O) groups excluding carboxylic acids is 1. The first-order chi connectivity index (χ1) is 10.7. The standard InChI is InChI=1S/C16H16ClNO4S/c1-11-9-13(17)5-8-16(11)22-10-15(19)12-3-6-14(7-4-12)18-23(2,20)21/h3-9,18H,10H2,1-2H3. The molecule has 0 saturated carbocycles. The molecule has 0 unspecified atom stereocenters. The summed E-state index contributed by atoms with van der Waals surface area (Å²) < 4.78 is 30.1. The van der Waals surface area contributed by atoms with Crippen LogP contribution < -0.4 is 9.46 Å². The lowest BCUT2D eigenvalue weighted by atomic mass is 10.1. The van der Waals surface area contributed by atoms with Crippen LogP contribution in [-0.4, -0.2) is 27.1 Å². The highest BCUT2D eigenvalue weighted by Crippen LogP contribution is 2.22. The number of Topliss-reactive ketones (excluding diaryl/α,β-unsaturated/α-hetero) is 1. The van der Waals surface area contributed by atoms with Gasteiger partial charge in [-0.25, -0.2) is 8.42 Å². The Hall–Kier alpha value is -2.05. The van der Waals surface area contributed by atoms with Crippen LogP contribution in [0.3, 0.4) is 0 Å². The summed E-state index contributed by atoms with van der Waals surface area (Å²) in [4.78, 5) is 12.1. The molecule has 0 radical (unpaired) electrons. The first-order valence-corrected chi connectivity index (χ1v) is 9.01. The van der Waals surface area contributed by atoms with Gasteiger partial charge in [0.05, 0.1) is 6.26 Å². The van der Waals surface area contributed by atoms with Crippen molar-refractivity contribution >= 4 is 33.1 Å². The first-order valence-electron chi connectivity index (χ1n) is 6.74. The zero-order valence-electron chi connectivity index (χ0n) is 12.7. The maximum Gasteiger partial charge on any atom is 0.229 e. The van der Waals surface area contributed by atoms with Gasteiger partial charge in [-0.1, -0.05) is 11.6 Å². The topological polar surface area (TPSA) is 72.5 Å². The molecule has 0 bridgehead atoms. The largest absolute Gasteiger partial charge is 0.485 e. The summed E-state index contributed by atoms with van der Waals surface area (Å²) in [6.45, 7) is 1.73. The summed E-state index contributed by atoms with van der Waals surface area (Å²) in [6.07, 6.45) is 1.06. The first kappa shape index (κ1) is 17.3. The monoisotopic (exact) mass is 353 g/mol. The van der Waals surface area contributed by atoms with Crippen LogP contribution in [-0.2, 0) is 10.0 Å². The van der Waals surface area contributed by atoms with E-state index in [4.69, 9.17) is 16.3 Å². The molecule has 2 rings (SSSR count). The molecule has 23 heavy (non-hydrogen) atoms. The SMILES string of the molecule is Cc1cc(Cl)ccc1OCC(=O)c1ccc(NS(C)(=O)=O)cc1. The van der Waals surface area contributed by atoms with Gasteiger partial charge in [-0.15, -0.1) is 0 Å².